The molecule has 1 rings (SSSR count). The van der Waals surface area contributed by atoms with Crippen LogP contribution in [-0.4, -0.2) is 42.6 Å². The molecule has 0 heterocycles. The van der Waals surface area contributed by atoms with E-state index in [4.69, 9.17) is 5.11 Å². The van der Waals surface area contributed by atoms with E-state index in [2.05, 4.69) is 0 Å². The van der Waals surface area contributed by atoms with Crippen molar-refractivity contribution >= 4 is 6.98 Å². The summed E-state index contributed by atoms with van der Waals surface area (Å²) in [5, 5.41) is 8.76. The Morgan fingerprint density at radius 2 is 1.69 bits per heavy atom. The molecule has 0 aromatic carbocycles. The van der Waals surface area contributed by atoms with E-state index in [0.29, 0.717) is 0 Å². The van der Waals surface area contributed by atoms with Crippen LogP contribution in [0.5, 0.6) is 0 Å². The summed E-state index contributed by atoms with van der Waals surface area (Å²) in [6.07, 6.45) is 4.00. The van der Waals surface area contributed by atoms with Gasteiger partial charge in [-0.05, 0) is 19.3 Å². The smallest absolute Gasteiger partial charge is 0.448 e. The van der Waals surface area contributed by atoms with Crippen LogP contribution in [0, 0.1) is 0 Å². The van der Waals surface area contributed by atoms with Gasteiger partial charge in [-0.1, -0.05) is 19.3 Å². The van der Waals surface area contributed by atoms with E-state index >= 15 is 0 Å². The number of aliphatic hydroxyl groups excluding tert-OH is 1. The van der Waals surface area contributed by atoms with Crippen LogP contribution in [-0.2, 0) is 0 Å². The van der Waals surface area contributed by atoms with Crippen LogP contribution >= 0.6 is 0 Å². The molecular formula is C9H18BF3KNO. The molecule has 1 N–H and O–H groups in total. The summed E-state index contributed by atoms with van der Waals surface area (Å²) in [7, 11) is 0. The van der Waals surface area contributed by atoms with Gasteiger partial charge in [0, 0.05) is 12.6 Å². The van der Waals surface area contributed by atoms with Crippen molar-refractivity contribution in [1.29, 1.82) is 0 Å². The van der Waals surface area contributed by atoms with Crippen LogP contribution in [0.2, 0.25) is 0 Å². The average molecular weight is 263 g/mol. The van der Waals surface area contributed by atoms with Crippen LogP contribution in [0.4, 0.5) is 12.9 Å². The van der Waals surface area contributed by atoms with E-state index in [1.165, 1.54) is 4.90 Å². The van der Waals surface area contributed by atoms with Crippen LogP contribution in [0.3, 0.4) is 0 Å². The Morgan fingerprint density at radius 1 is 1.12 bits per heavy atom. The summed E-state index contributed by atoms with van der Waals surface area (Å²) in [4.78, 5) is 1.40. The molecule has 16 heavy (non-hydrogen) atoms. The fourth-order valence-electron chi connectivity index (χ4n) is 2.26. The predicted molar refractivity (Wildman–Crippen MR) is 54.6 cm³/mol. The predicted octanol–water partition coefficient (Wildman–Crippen LogP) is -0.996. The van der Waals surface area contributed by atoms with Gasteiger partial charge in [0.2, 0.25) is 0 Å². The molecule has 7 heteroatoms. The second-order valence-electron chi connectivity index (χ2n) is 4.22. The number of halogens is 3. The molecule has 0 aromatic heterocycles. The second kappa shape index (κ2) is 8.50. The van der Waals surface area contributed by atoms with Crippen molar-refractivity contribution in [2.75, 3.05) is 19.6 Å². The van der Waals surface area contributed by atoms with Crippen molar-refractivity contribution < 1.29 is 69.4 Å². The molecule has 2 nitrogen and oxygen atoms in total. The van der Waals surface area contributed by atoms with Gasteiger partial charge in [0.1, 0.15) is 0 Å². The van der Waals surface area contributed by atoms with Crippen LogP contribution in [0.25, 0.3) is 0 Å². The minimum absolute atomic E-state index is 0. The molecule has 1 saturated carbocycles. The Balaban J connectivity index is 0.00000225. The molecule has 0 unspecified atom stereocenters. The van der Waals surface area contributed by atoms with Gasteiger partial charge in [-0.2, -0.15) is 0 Å². The first-order valence-corrected chi connectivity index (χ1v) is 5.59. The molecule has 0 aliphatic heterocycles. The van der Waals surface area contributed by atoms with Gasteiger partial charge >= 0.3 is 58.4 Å². The number of hydrogen-bond acceptors (Lipinski definition) is 2. The van der Waals surface area contributed by atoms with Crippen molar-refractivity contribution in [2.45, 2.75) is 38.1 Å². The van der Waals surface area contributed by atoms with Gasteiger partial charge in [0.05, 0.1) is 6.61 Å². The van der Waals surface area contributed by atoms with E-state index in [9.17, 15) is 12.9 Å². The zero-order valence-electron chi connectivity index (χ0n) is 9.84. The van der Waals surface area contributed by atoms with Gasteiger partial charge in [-0.3, -0.25) is 0 Å². The number of aliphatic hydroxyl groups is 1. The summed E-state index contributed by atoms with van der Waals surface area (Å²) in [6, 6.07) is 0.0226. The second-order valence-corrected chi connectivity index (χ2v) is 4.22. The SMILES string of the molecule is OCCN(C[B-](F)(F)F)C1CCCCC1.[K+]. The van der Waals surface area contributed by atoms with Crippen LogP contribution in [0.15, 0.2) is 0 Å². The van der Waals surface area contributed by atoms with E-state index in [0.717, 1.165) is 32.1 Å². The maximum absolute atomic E-state index is 12.3. The molecule has 0 atom stereocenters. The van der Waals surface area contributed by atoms with Crippen molar-refractivity contribution in [3.63, 3.8) is 0 Å². The van der Waals surface area contributed by atoms with Gasteiger partial charge in [-0.15, -0.1) is 0 Å². The minimum atomic E-state index is -4.78. The average Bonchev–Trinajstić information content (AvgIpc) is 2.17. The molecule has 0 saturated heterocycles. The monoisotopic (exact) mass is 263 g/mol. The Bertz CT molecular complexity index is 188. The number of hydrogen-bond donors (Lipinski definition) is 1. The molecule has 0 bridgehead atoms. The summed E-state index contributed by atoms with van der Waals surface area (Å²) < 4.78 is 37.0. The zero-order chi connectivity index (χ0) is 11.3. The topological polar surface area (TPSA) is 23.5 Å². The third-order valence-electron chi connectivity index (χ3n) is 2.92. The zero-order valence-corrected chi connectivity index (χ0v) is 13.0. The third-order valence-corrected chi connectivity index (χ3v) is 2.92. The third kappa shape index (κ3) is 6.98. The summed E-state index contributed by atoms with van der Waals surface area (Å²) in [6.45, 7) is -4.82. The van der Waals surface area contributed by atoms with Crippen LogP contribution in [0.1, 0.15) is 32.1 Å². The van der Waals surface area contributed by atoms with Crippen molar-refractivity contribution in [3.05, 3.63) is 0 Å². The van der Waals surface area contributed by atoms with Crippen molar-refractivity contribution in [1.82, 2.24) is 4.90 Å². The van der Waals surface area contributed by atoms with Gasteiger partial charge < -0.3 is 23.0 Å². The first-order chi connectivity index (χ1) is 7.03. The molecule has 1 fully saturated rings. The Morgan fingerprint density at radius 3 is 2.12 bits per heavy atom. The number of nitrogens with zero attached hydrogens (tertiary/aromatic N) is 1. The Labute approximate surface area is 137 Å². The van der Waals surface area contributed by atoms with Crippen LogP contribution < -0.4 is 51.4 Å². The summed E-state index contributed by atoms with van der Waals surface area (Å²) in [5.41, 5.74) is 0. The normalized spacial score (nSPS) is 18.6. The quantitative estimate of drug-likeness (QED) is 0.643. The van der Waals surface area contributed by atoms with E-state index < -0.39 is 13.4 Å². The van der Waals surface area contributed by atoms with Crippen molar-refractivity contribution in [3.8, 4) is 0 Å². The molecule has 0 spiro atoms. The number of rotatable bonds is 5. The van der Waals surface area contributed by atoms with Gasteiger partial charge in [0.15, 0.2) is 0 Å². The molecule has 0 radical (unpaired) electrons. The Hall–Kier alpha value is 1.41. The maximum Gasteiger partial charge on any atom is 1.00 e. The van der Waals surface area contributed by atoms with Crippen molar-refractivity contribution in [2.24, 2.45) is 0 Å². The van der Waals surface area contributed by atoms with E-state index in [1.807, 2.05) is 0 Å². The molecule has 90 valence electrons. The standard InChI is InChI=1S/C9H18BF3NO.K/c11-10(12,13)8-14(6-7-15)9-4-2-1-3-5-9;/h9,15H,1-8H2;/q-1;+1. The molecule has 0 aromatic rings. The summed E-state index contributed by atoms with van der Waals surface area (Å²) in [5.74, 6) is 0. The molecular weight excluding hydrogens is 245 g/mol. The molecule has 0 amide bonds. The van der Waals surface area contributed by atoms with E-state index in [-0.39, 0.29) is 70.6 Å². The maximum atomic E-state index is 12.3. The van der Waals surface area contributed by atoms with Gasteiger partial charge in [0.25, 0.3) is 0 Å². The molecule has 1 aliphatic rings. The first kappa shape index (κ1) is 17.4. The first-order valence-electron chi connectivity index (χ1n) is 5.59. The fraction of sp³-hybridized carbons (Fsp3) is 1.00. The van der Waals surface area contributed by atoms with E-state index in [1.54, 1.807) is 0 Å². The minimum Gasteiger partial charge on any atom is -0.448 e. The van der Waals surface area contributed by atoms with Gasteiger partial charge in [-0.25, -0.2) is 0 Å². The summed E-state index contributed by atoms with van der Waals surface area (Å²) >= 11 is 0. The fourth-order valence-corrected chi connectivity index (χ4v) is 2.26. The molecule has 1 aliphatic carbocycles. The Kier molecular flexibility index (Phi) is 9.25. The largest absolute Gasteiger partial charge is 1.00 e.